The van der Waals surface area contributed by atoms with Gasteiger partial charge in [-0.05, 0) is 63.2 Å². The summed E-state index contributed by atoms with van der Waals surface area (Å²) in [6, 6.07) is 5.03. The highest BCUT2D eigenvalue weighted by Gasteiger charge is 2.46. The van der Waals surface area contributed by atoms with Crippen molar-refractivity contribution in [1.82, 2.24) is 14.1 Å². The first kappa shape index (κ1) is 20.2. The average molecular weight is 412 g/mol. The number of nitrogens with zero attached hydrogens (tertiary/aromatic N) is 3. The maximum absolute atomic E-state index is 13.9. The van der Waals surface area contributed by atoms with Crippen LogP contribution in [0.25, 0.3) is 0 Å². The van der Waals surface area contributed by atoms with Gasteiger partial charge in [-0.25, -0.2) is 12.8 Å². The molecule has 0 unspecified atom stereocenters. The number of fused-ring (bicyclic) bond motifs is 1. The predicted octanol–water partition coefficient (Wildman–Crippen LogP) is 1.44. The van der Waals surface area contributed by atoms with Gasteiger partial charge in [0.2, 0.25) is 10.0 Å². The van der Waals surface area contributed by atoms with Gasteiger partial charge in [0.25, 0.3) is 0 Å². The lowest BCUT2D eigenvalue weighted by Crippen LogP contribution is -2.46. The van der Waals surface area contributed by atoms with Crippen LogP contribution in [-0.2, 0) is 21.3 Å². The zero-order valence-corrected chi connectivity index (χ0v) is 17.5. The summed E-state index contributed by atoms with van der Waals surface area (Å²) in [5.74, 6) is -0.336. The Morgan fingerprint density at radius 3 is 2.64 bits per heavy atom. The number of sulfonamides is 1. The van der Waals surface area contributed by atoms with E-state index in [0.29, 0.717) is 18.2 Å². The second-order valence-electron chi connectivity index (χ2n) is 8.46. The number of ether oxygens (including phenoxy) is 1. The summed E-state index contributed by atoms with van der Waals surface area (Å²) in [4.78, 5) is 4.75. The van der Waals surface area contributed by atoms with Crippen LogP contribution in [0.3, 0.4) is 0 Å². The molecule has 3 saturated heterocycles. The van der Waals surface area contributed by atoms with Crippen LogP contribution < -0.4 is 0 Å². The van der Waals surface area contributed by atoms with Gasteiger partial charge in [0.05, 0.1) is 24.5 Å². The highest BCUT2D eigenvalue weighted by molar-refractivity contribution is 7.89. The summed E-state index contributed by atoms with van der Waals surface area (Å²) < 4.78 is 47.3. The molecule has 28 heavy (non-hydrogen) atoms. The van der Waals surface area contributed by atoms with Crippen molar-refractivity contribution >= 4 is 10.0 Å². The van der Waals surface area contributed by atoms with E-state index in [2.05, 4.69) is 16.8 Å². The summed E-state index contributed by atoms with van der Waals surface area (Å²) in [7, 11) is -1.31. The van der Waals surface area contributed by atoms with Gasteiger partial charge in [-0.3, -0.25) is 4.90 Å². The zero-order chi connectivity index (χ0) is 19.9. The third-order valence-electron chi connectivity index (χ3n) is 6.31. The SMILES string of the molecule is Cc1cc(F)cc(CN2[C@@H]3CN(C4CCN(C)CC4)C[C@@H]3OCCS2(=O)=O)c1. The third-order valence-corrected chi connectivity index (χ3v) is 8.11. The van der Waals surface area contributed by atoms with Gasteiger partial charge >= 0.3 is 0 Å². The van der Waals surface area contributed by atoms with E-state index in [-0.39, 0.29) is 36.9 Å². The van der Waals surface area contributed by atoms with Crippen LogP contribution in [0, 0.1) is 12.7 Å². The van der Waals surface area contributed by atoms with Crippen molar-refractivity contribution in [3.63, 3.8) is 0 Å². The van der Waals surface area contributed by atoms with Crippen LogP contribution >= 0.6 is 0 Å². The molecule has 4 rings (SSSR count). The predicted molar refractivity (Wildman–Crippen MR) is 106 cm³/mol. The molecular formula is C20H30FN3O3S. The van der Waals surface area contributed by atoms with Crippen LogP contribution in [0.5, 0.6) is 0 Å². The molecule has 0 aromatic heterocycles. The molecule has 0 radical (unpaired) electrons. The number of halogens is 1. The molecule has 2 atom stereocenters. The molecule has 0 N–H and O–H groups in total. The Kier molecular flexibility index (Phi) is 5.77. The standard InChI is InChI=1S/C20H30FN3O3S/c1-15-9-16(11-17(21)10-15)12-24-19-13-23(18-3-5-22(2)6-4-18)14-20(19)27-7-8-28(24,25)26/h9-11,18-20H,3-8,12-14H2,1-2H3/t19-,20+/m1/s1. The van der Waals surface area contributed by atoms with Crippen molar-refractivity contribution < 1.29 is 17.5 Å². The molecule has 8 heteroatoms. The van der Waals surface area contributed by atoms with Crippen LogP contribution in [0.15, 0.2) is 18.2 Å². The fourth-order valence-electron chi connectivity index (χ4n) is 4.81. The van der Waals surface area contributed by atoms with Crippen molar-refractivity contribution in [1.29, 1.82) is 0 Å². The van der Waals surface area contributed by atoms with Crippen molar-refractivity contribution in [2.75, 3.05) is 45.6 Å². The van der Waals surface area contributed by atoms with E-state index in [1.54, 1.807) is 4.31 Å². The Balaban J connectivity index is 1.56. The highest BCUT2D eigenvalue weighted by Crippen LogP contribution is 2.30. The van der Waals surface area contributed by atoms with E-state index < -0.39 is 10.0 Å². The maximum atomic E-state index is 13.9. The molecule has 0 bridgehead atoms. The first-order chi connectivity index (χ1) is 13.3. The smallest absolute Gasteiger partial charge is 0.217 e. The van der Waals surface area contributed by atoms with E-state index in [1.807, 2.05) is 13.0 Å². The molecule has 1 aromatic rings. The normalized spacial score (nSPS) is 30.2. The van der Waals surface area contributed by atoms with Gasteiger partial charge in [0.15, 0.2) is 0 Å². The lowest BCUT2D eigenvalue weighted by Gasteiger charge is -2.35. The fourth-order valence-corrected chi connectivity index (χ4v) is 6.31. The van der Waals surface area contributed by atoms with Gasteiger partial charge in [0.1, 0.15) is 5.82 Å². The lowest BCUT2D eigenvalue weighted by atomic mass is 10.0. The van der Waals surface area contributed by atoms with Gasteiger partial charge in [-0.1, -0.05) is 6.07 Å². The topological polar surface area (TPSA) is 53.1 Å². The molecule has 1 aromatic carbocycles. The van der Waals surface area contributed by atoms with Crippen LogP contribution in [-0.4, -0.2) is 86.3 Å². The monoisotopic (exact) mass is 411 g/mol. The van der Waals surface area contributed by atoms with E-state index in [9.17, 15) is 12.8 Å². The first-order valence-corrected chi connectivity index (χ1v) is 11.7. The van der Waals surface area contributed by atoms with E-state index in [0.717, 1.165) is 38.0 Å². The summed E-state index contributed by atoms with van der Waals surface area (Å²) in [5.41, 5.74) is 1.49. The summed E-state index contributed by atoms with van der Waals surface area (Å²) >= 11 is 0. The number of benzene rings is 1. The van der Waals surface area contributed by atoms with Gasteiger partial charge in [0, 0.05) is 25.7 Å². The minimum atomic E-state index is -3.45. The second-order valence-corrected chi connectivity index (χ2v) is 10.5. The van der Waals surface area contributed by atoms with E-state index in [1.165, 1.54) is 12.1 Å². The molecule has 0 aliphatic carbocycles. The van der Waals surface area contributed by atoms with Gasteiger partial charge < -0.3 is 9.64 Å². The molecule has 3 aliphatic rings. The molecule has 3 aliphatic heterocycles. The Morgan fingerprint density at radius 2 is 1.93 bits per heavy atom. The van der Waals surface area contributed by atoms with E-state index >= 15 is 0 Å². The van der Waals surface area contributed by atoms with Gasteiger partial charge in [-0.2, -0.15) is 4.31 Å². The summed E-state index contributed by atoms with van der Waals surface area (Å²) in [5, 5.41) is 0. The molecule has 3 heterocycles. The fraction of sp³-hybridized carbons (Fsp3) is 0.700. The number of aryl methyl sites for hydroxylation is 1. The summed E-state index contributed by atoms with van der Waals surface area (Å²) in [6.45, 7) is 5.85. The molecule has 156 valence electrons. The number of piperidine rings is 1. The number of rotatable bonds is 3. The van der Waals surface area contributed by atoms with Crippen molar-refractivity contribution in [2.45, 2.75) is 44.5 Å². The maximum Gasteiger partial charge on any atom is 0.217 e. The Bertz CT molecular complexity index is 791. The quantitative estimate of drug-likeness (QED) is 0.754. The average Bonchev–Trinajstić information content (AvgIpc) is 2.98. The van der Waals surface area contributed by atoms with Crippen molar-refractivity contribution in [2.24, 2.45) is 0 Å². The van der Waals surface area contributed by atoms with Gasteiger partial charge in [-0.15, -0.1) is 0 Å². The second kappa shape index (κ2) is 7.99. The number of likely N-dealkylation sites (tertiary alicyclic amines) is 2. The van der Waals surface area contributed by atoms with Crippen molar-refractivity contribution in [3.05, 3.63) is 35.1 Å². The minimum absolute atomic E-state index is 0.0114. The van der Waals surface area contributed by atoms with Crippen molar-refractivity contribution in [3.8, 4) is 0 Å². The van der Waals surface area contributed by atoms with Crippen LogP contribution in [0.2, 0.25) is 0 Å². The van der Waals surface area contributed by atoms with Crippen LogP contribution in [0.1, 0.15) is 24.0 Å². The van der Waals surface area contributed by atoms with E-state index in [4.69, 9.17) is 4.74 Å². The highest BCUT2D eigenvalue weighted by atomic mass is 32.2. The molecule has 0 saturated carbocycles. The lowest BCUT2D eigenvalue weighted by molar-refractivity contribution is 0.0420. The Hall–Kier alpha value is -1.06. The molecule has 3 fully saturated rings. The first-order valence-electron chi connectivity index (χ1n) is 10.1. The molecule has 0 amide bonds. The number of hydrogen-bond donors (Lipinski definition) is 0. The number of hydrogen-bond acceptors (Lipinski definition) is 5. The zero-order valence-electron chi connectivity index (χ0n) is 16.7. The largest absolute Gasteiger partial charge is 0.374 e. The molecule has 0 spiro atoms. The molecular weight excluding hydrogens is 381 g/mol. The third kappa shape index (κ3) is 4.26. The Morgan fingerprint density at radius 1 is 1.18 bits per heavy atom. The summed E-state index contributed by atoms with van der Waals surface area (Å²) in [6.07, 6.45) is 2.09. The minimum Gasteiger partial charge on any atom is -0.374 e. The molecule has 6 nitrogen and oxygen atoms in total. The van der Waals surface area contributed by atoms with Crippen LogP contribution in [0.4, 0.5) is 4.39 Å². The Labute approximate surface area is 167 Å².